The van der Waals surface area contributed by atoms with Crippen LogP contribution in [0.2, 0.25) is 0 Å². The average Bonchev–Trinajstić information content (AvgIpc) is 3.05. The smallest absolute Gasteiger partial charge is 0.232 e. The van der Waals surface area contributed by atoms with E-state index in [1.54, 1.807) is 0 Å². The molecule has 4 bridgehead atoms. The lowest BCUT2D eigenvalue weighted by Crippen LogP contribution is -2.49. The molecule has 0 aromatic carbocycles. The van der Waals surface area contributed by atoms with E-state index in [-0.39, 0.29) is 17.4 Å². The highest BCUT2D eigenvalue weighted by Crippen LogP contribution is 2.60. The van der Waals surface area contributed by atoms with Crippen LogP contribution in [0.3, 0.4) is 0 Å². The maximum atomic E-state index is 6.18. The second kappa shape index (κ2) is 4.48. The number of rotatable bonds is 2. The Bertz CT molecular complexity index is 522. The van der Waals surface area contributed by atoms with E-state index < -0.39 is 0 Å². The highest BCUT2D eigenvalue weighted by Gasteiger charge is 2.54. The second-order valence-electron chi connectivity index (χ2n) is 7.96. The third-order valence-corrected chi connectivity index (χ3v) is 7.61. The topological polar surface area (TPSA) is 64.9 Å². The molecule has 0 spiro atoms. The molecule has 21 heavy (non-hydrogen) atoms. The summed E-state index contributed by atoms with van der Waals surface area (Å²) in [6.07, 6.45) is 8.24. The van der Waals surface area contributed by atoms with Crippen LogP contribution >= 0.6 is 11.8 Å². The van der Waals surface area contributed by atoms with Crippen molar-refractivity contribution in [2.24, 2.45) is 23.5 Å². The summed E-state index contributed by atoms with van der Waals surface area (Å²) < 4.78 is 5.65. The van der Waals surface area contributed by atoms with Crippen molar-refractivity contribution in [3.63, 3.8) is 0 Å². The maximum absolute atomic E-state index is 6.18. The van der Waals surface area contributed by atoms with E-state index in [0.29, 0.717) is 0 Å². The summed E-state index contributed by atoms with van der Waals surface area (Å²) in [4.78, 5) is 4.86. The predicted octanol–water partition coefficient (Wildman–Crippen LogP) is 2.70. The first-order valence-electron chi connectivity index (χ1n) is 8.39. The van der Waals surface area contributed by atoms with Crippen LogP contribution in [0, 0.1) is 17.8 Å². The fourth-order valence-electron chi connectivity index (χ4n) is 5.81. The average molecular weight is 305 g/mol. The number of aromatic nitrogens is 2. The first kappa shape index (κ1) is 12.9. The number of thioether (sulfide) groups is 1. The zero-order valence-corrected chi connectivity index (χ0v) is 13.1. The van der Waals surface area contributed by atoms with Gasteiger partial charge < -0.3 is 10.3 Å². The molecule has 1 aliphatic heterocycles. The van der Waals surface area contributed by atoms with Crippen LogP contribution in [-0.2, 0) is 5.41 Å². The zero-order chi connectivity index (χ0) is 14.0. The Morgan fingerprint density at radius 3 is 2.29 bits per heavy atom. The van der Waals surface area contributed by atoms with E-state index in [1.165, 1.54) is 38.5 Å². The van der Waals surface area contributed by atoms with Crippen LogP contribution in [0.5, 0.6) is 0 Å². The van der Waals surface area contributed by atoms with E-state index in [0.717, 1.165) is 41.0 Å². The molecule has 0 radical (unpaired) electrons. The summed E-state index contributed by atoms with van der Waals surface area (Å²) in [6, 6.07) is 0.180. The van der Waals surface area contributed by atoms with Crippen LogP contribution in [0.4, 0.5) is 0 Å². The fraction of sp³-hybridized carbons (Fsp3) is 0.875. The quantitative estimate of drug-likeness (QED) is 0.910. The van der Waals surface area contributed by atoms with Crippen molar-refractivity contribution in [1.82, 2.24) is 10.1 Å². The van der Waals surface area contributed by atoms with Gasteiger partial charge in [-0.2, -0.15) is 16.7 Å². The minimum absolute atomic E-state index is 0.180. The highest BCUT2D eigenvalue weighted by atomic mass is 32.2. The zero-order valence-electron chi connectivity index (χ0n) is 12.3. The summed E-state index contributed by atoms with van der Waals surface area (Å²) in [6.45, 7) is 0. The Kier molecular flexibility index (Phi) is 2.76. The van der Waals surface area contributed by atoms with Gasteiger partial charge in [-0.05, 0) is 56.3 Å². The molecule has 1 aromatic rings. The van der Waals surface area contributed by atoms with Crippen molar-refractivity contribution in [3.05, 3.63) is 11.7 Å². The van der Waals surface area contributed by atoms with Gasteiger partial charge >= 0.3 is 0 Å². The normalized spacial score (nSPS) is 48.1. The summed E-state index contributed by atoms with van der Waals surface area (Å²) in [5.74, 6) is 6.89. The molecule has 1 saturated heterocycles. The van der Waals surface area contributed by atoms with Crippen LogP contribution in [0.1, 0.15) is 56.2 Å². The SMILES string of the molecule is NC1CSCC1c1nc(C23CC4CC(CC(C4)C2)C3)no1. The monoisotopic (exact) mass is 305 g/mol. The van der Waals surface area contributed by atoms with Crippen molar-refractivity contribution >= 4 is 11.8 Å². The molecule has 2 atom stereocenters. The van der Waals surface area contributed by atoms with Gasteiger partial charge in [0.15, 0.2) is 5.82 Å². The van der Waals surface area contributed by atoms with E-state index in [1.807, 2.05) is 11.8 Å². The summed E-state index contributed by atoms with van der Waals surface area (Å²) in [7, 11) is 0. The number of hydrogen-bond acceptors (Lipinski definition) is 5. The Balaban J connectivity index is 1.46. The molecule has 114 valence electrons. The predicted molar refractivity (Wildman–Crippen MR) is 82.2 cm³/mol. The molecule has 5 fully saturated rings. The van der Waals surface area contributed by atoms with Gasteiger partial charge in [0.1, 0.15) is 0 Å². The Labute approximate surface area is 129 Å². The van der Waals surface area contributed by atoms with Gasteiger partial charge in [-0.25, -0.2) is 0 Å². The van der Waals surface area contributed by atoms with E-state index in [9.17, 15) is 0 Å². The second-order valence-corrected chi connectivity index (χ2v) is 9.04. The molecule has 2 N–H and O–H groups in total. The van der Waals surface area contributed by atoms with Crippen molar-refractivity contribution in [2.75, 3.05) is 11.5 Å². The first-order valence-corrected chi connectivity index (χ1v) is 9.55. The van der Waals surface area contributed by atoms with E-state index in [2.05, 4.69) is 5.16 Å². The van der Waals surface area contributed by atoms with Gasteiger partial charge in [0.2, 0.25) is 5.89 Å². The summed E-state index contributed by atoms with van der Waals surface area (Å²) in [5.41, 5.74) is 6.42. The number of hydrogen-bond donors (Lipinski definition) is 1. The Morgan fingerprint density at radius 2 is 1.71 bits per heavy atom. The Morgan fingerprint density at radius 1 is 1.05 bits per heavy atom. The molecule has 2 heterocycles. The van der Waals surface area contributed by atoms with Gasteiger partial charge in [-0.1, -0.05) is 5.16 Å². The lowest BCUT2D eigenvalue weighted by atomic mass is 9.49. The molecule has 0 amide bonds. The molecule has 6 rings (SSSR count). The Hall–Kier alpha value is -0.550. The standard InChI is InChI=1S/C16H23N3OS/c17-13-8-21-7-12(13)14-18-15(19-20-14)16-4-9-1-10(5-16)3-11(2-9)6-16/h9-13H,1-8,17H2. The largest absolute Gasteiger partial charge is 0.339 e. The van der Waals surface area contributed by atoms with Crippen LogP contribution in [-0.4, -0.2) is 27.7 Å². The number of nitrogens with two attached hydrogens (primary N) is 1. The third-order valence-electron chi connectivity index (χ3n) is 6.40. The van der Waals surface area contributed by atoms with Crippen molar-refractivity contribution < 1.29 is 4.52 Å². The van der Waals surface area contributed by atoms with Crippen LogP contribution in [0.15, 0.2) is 4.52 Å². The first-order chi connectivity index (χ1) is 10.2. The highest BCUT2D eigenvalue weighted by molar-refractivity contribution is 7.99. The maximum Gasteiger partial charge on any atom is 0.232 e. The van der Waals surface area contributed by atoms with Crippen molar-refractivity contribution in [2.45, 2.75) is 55.9 Å². The molecule has 4 saturated carbocycles. The lowest BCUT2D eigenvalue weighted by molar-refractivity contribution is -0.0103. The molecule has 4 aliphatic carbocycles. The molecule has 5 aliphatic rings. The summed E-state index contributed by atoms with van der Waals surface area (Å²) in [5, 5.41) is 4.43. The molecular formula is C16H23N3OS. The van der Waals surface area contributed by atoms with Gasteiger partial charge in [-0.3, -0.25) is 0 Å². The summed E-state index contributed by atoms with van der Waals surface area (Å²) >= 11 is 1.90. The molecule has 1 aromatic heterocycles. The molecular weight excluding hydrogens is 282 g/mol. The van der Waals surface area contributed by atoms with Crippen LogP contribution in [0.25, 0.3) is 0 Å². The third kappa shape index (κ3) is 1.93. The van der Waals surface area contributed by atoms with E-state index >= 15 is 0 Å². The van der Waals surface area contributed by atoms with Crippen molar-refractivity contribution in [1.29, 1.82) is 0 Å². The number of nitrogens with zero attached hydrogens (tertiary/aromatic N) is 2. The fourth-order valence-corrected chi connectivity index (χ4v) is 7.10. The van der Waals surface area contributed by atoms with Crippen LogP contribution < -0.4 is 5.73 Å². The lowest BCUT2D eigenvalue weighted by Gasteiger charge is -2.55. The van der Waals surface area contributed by atoms with Gasteiger partial charge in [0.25, 0.3) is 0 Å². The molecule has 5 heteroatoms. The van der Waals surface area contributed by atoms with Gasteiger partial charge in [0, 0.05) is 23.0 Å². The van der Waals surface area contributed by atoms with E-state index in [4.69, 9.17) is 15.2 Å². The minimum Gasteiger partial charge on any atom is -0.339 e. The molecule has 2 unspecified atom stereocenters. The van der Waals surface area contributed by atoms with Crippen molar-refractivity contribution in [3.8, 4) is 0 Å². The van der Waals surface area contributed by atoms with Gasteiger partial charge in [0.05, 0.1) is 5.92 Å². The van der Waals surface area contributed by atoms with Gasteiger partial charge in [-0.15, -0.1) is 0 Å². The molecule has 4 nitrogen and oxygen atoms in total. The minimum atomic E-state index is 0.180.